The molecule has 0 radical (unpaired) electrons. The topological polar surface area (TPSA) is 37.4 Å². The highest BCUT2D eigenvalue weighted by molar-refractivity contribution is 9.09. The molecule has 0 aromatic heterocycles. The summed E-state index contributed by atoms with van der Waals surface area (Å²) in [5, 5.41) is 0.636. The first-order valence-corrected chi connectivity index (χ1v) is 8.39. The van der Waals surface area contributed by atoms with Gasteiger partial charge in [-0.25, -0.2) is 17.2 Å². The minimum atomic E-state index is -4.03. The fourth-order valence-corrected chi connectivity index (χ4v) is 3.68. The Hall–Kier alpha value is -0.530. The Bertz CT molecular complexity index is 535. The maximum Gasteiger partial charge on any atom is 0.246 e. The van der Waals surface area contributed by atoms with Gasteiger partial charge in [0.05, 0.1) is 0 Å². The average molecular weight is 356 g/mol. The first-order chi connectivity index (χ1) is 8.80. The largest absolute Gasteiger partial charge is 0.246 e. The molecule has 0 N–H and O–H groups in total. The fraction of sp³-hybridized carbons (Fsp3) is 0.500. The van der Waals surface area contributed by atoms with Gasteiger partial charge in [-0.1, -0.05) is 15.9 Å². The van der Waals surface area contributed by atoms with Crippen molar-refractivity contribution in [2.75, 3.05) is 11.9 Å². The van der Waals surface area contributed by atoms with Gasteiger partial charge in [-0.3, -0.25) is 0 Å². The Balaban J connectivity index is 3.22. The molecule has 0 aliphatic carbocycles. The van der Waals surface area contributed by atoms with Crippen molar-refractivity contribution in [1.82, 2.24) is 4.31 Å². The van der Waals surface area contributed by atoms with Crippen LogP contribution < -0.4 is 0 Å². The van der Waals surface area contributed by atoms with E-state index in [1.165, 1.54) is 4.31 Å². The second-order valence-electron chi connectivity index (χ2n) is 4.33. The van der Waals surface area contributed by atoms with E-state index in [1.54, 1.807) is 13.8 Å². The van der Waals surface area contributed by atoms with Crippen molar-refractivity contribution in [3.8, 4) is 0 Å². The van der Waals surface area contributed by atoms with Crippen molar-refractivity contribution in [3.63, 3.8) is 0 Å². The van der Waals surface area contributed by atoms with Gasteiger partial charge in [-0.2, -0.15) is 4.31 Å². The monoisotopic (exact) mass is 355 g/mol. The first-order valence-electron chi connectivity index (χ1n) is 5.83. The van der Waals surface area contributed by atoms with Crippen molar-refractivity contribution < 1.29 is 17.2 Å². The standard InChI is InChI=1S/C12H16BrF2NO2S/c1-9(2)16(7-3-6-13)19(17,18)12-8-10(14)4-5-11(12)15/h4-5,8-9H,3,6-7H2,1-2H3. The molecular weight excluding hydrogens is 340 g/mol. The van der Waals surface area contributed by atoms with E-state index >= 15 is 0 Å². The molecule has 0 aliphatic rings. The van der Waals surface area contributed by atoms with Crippen LogP contribution in [0.15, 0.2) is 23.1 Å². The van der Waals surface area contributed by atoms with E-state index < -0.39 is 26.6 Å². The fourth-order valence-electron chi connectivity index (χ4n) is 1.67. The predicted octanol–water partition coefficient (Wildman–Crippen LogP) is 3.15. The molecule has 0 spiro atoms. The van der Waals surface area contributed by atoms with Crippen molar-refractivity contribution in [3.05, 3.63) is 29.8 Å². The van der Waals surface area contributed by atoms with Crippen LogP contribution in [-0.4, -0.2) is 30.6 Å². The van der Waals surface area contributed by atoms with Crippen LogP contribution in [0.2, 0.25) is 0 Å². The average Bonchev–Trinajstić information content (AvgIpc) is 2.32. The van der Waals surface area contributed by atoms with Crippen LogP contribution in [0.4, 0.5) is 8.78 Å². The molecule has 7 heteroatoms. The second-order valence-corrected chi connectivity index (χ2v) is 6.98. The van der Waals surface area contributed by atoms with Gasteiger partial charge in [0.25, 0.3) is 0 Å². The van der Waals surface area contributed by atoms with Crippen molar-refractivity contribution in [2.24, 2.45) is 0 Å². The normalized spacial score (nSPS) is 12.4. The smallest absolute Gasteiger partial charge is 0.207 e. The third-order valence-electron chi connectivity index (χ3n) is 2.57. The van der Waals surface area contributed by atoms with Gasteiger partial charge in [-0.05, 0) is 38.5 Å². The molecule has 0 unspecified atom stereocenters. The number of halogens is 3. The molecule has 19 heavy (non-hydrogen) atoms. The van der Waals surface area contributed by atoms with Gasteiger partial charge in [0.1, 0.15) is 16.5 Å². The lowest BCUT2D eigenvalue weighted by Crippen LogP contribution is -2.38. The van der Waals surface area contributed by atoms with Crippen LogP contribution in [0.5, 0.6) is 0 Å². The van der Waals surface area contributed by atoms with E-state index in [9.17, 15) is 17.2 Å². The molecular formula is C12H16BrF2NO2S. The molecule has 0 saturated heterocycles. The third-order valence-corrected chi connectivity index (χ3v) is 5.22. The summed E-state index contributed by atoms with van der Waals surface area (Å²) in [6, 6.07) is 2.11. The molecule has 0 amide bonds. The number of rotatable bonds is 6. The summed E-state index contributed by atoms with van der Waals surface area (Å²) < 4.78 is 52.7. The van der Waals surface area contributed by atoms with Gasteiger partial charge in [-0.15, -0.1) is 0 Å². The first kappa shape index (κ1) is 16.5. The highest BCUT2D eigenvalue weighted by Gasteiger charge is 2.29. The molecule has 1 aromatic rings. The molecule has 1 aromatic carbocycles. The third kappa shape index (κ3) is 3.97. The molecule has 108 valence electrons. The molecule has 0 saturated carbocycles. The lowest BCUT2D eigenvalue weighted by Gasteiger charge is -2.25. The minimum Gasteiger partial charge on any atom is -0.207 e. The zero-order valence-electron chi connectivity index (χ0n) is 10.7. The van der Waals surface area contributed by atoms with Crippen molar-refractivity contribution in [2.45, 2.75) is 31.2 Å². The Morgan fingerprint density at radius 1 is 1.32 bits per heavy atom. The number of alkyl halides is 1. The summed E-state index contributed by atoms with van der Waals surface area (Å²) >= 11 is 3.22. The van der Waals surface area contributed by atoms with Crippen LogP contribution >= 0.6 is 15.9 Å². The summed E-state index contributed by atoms with van der Waals surface area (Å²) in [6.07, 6.45) is 0.592. The number of nitrogens with zero attached hydrogens (tertiary/aromatic N) is 1. The summed E-state index contributed by atoms with van der Waals surface area (Å²) in [7, 11) is -4.03. The Morgan fingerprint density at radius 2 is 1.95 bits per heavy atom. The molecule has 0 atom stereocenters. The number of sulfonamides is 1. The zero-order chi connectivity index (χ0) is 14.6. The molecule has 3 nitrogen and oxygen atoms in total. The maximum absolute atomic E-state index is 13.6. The van der Waals surface area contributed by atoms with Crippen LogP contribution in [0.3, 0.4) is 0 Å². The number of benzene rings is 1. The summed E-state index contributed by atoms with van der Waals surface area (Å²) in [6.45, 7) is 3.65. The summed E-state index contributed by atoms with van der Waals surface area (Å²) in [5.74, 6) is -1.71. The van der Waals surface area contributed by atoms with Crippen LogP contribution in [-0.2, 0) is 10.0 Å². The Kier molecular flexibility index (Phi) is 5.88. The highest BCUT2D eigenvalue weighted by Crippen LogP contribution is 2.22. The molecule has 0 aliphatic heterocycles. The number of hydrogen-bond donors (Lipinski definition) is 0. The van der Waals surface area contributed by atoms with E-state index in [1.807, 2.05) is 0 Å². The predicted molar refractivity (Wildman–Crippen MR) is 73.8 cm³/mol. The molecule has 0 bridgehead atoms. The van der Waals surface area contributed by atoms with Gasteiger partial charge >= 0.3 is 0 Å². The van der Waals surface area contributed by atoms with Crippen molar-refractivity contribution >= 4 is 26.0 Å². The van der Waals surface area contributed by atoms with Crippen LogP contribution in [0, 0.1) is 11.6 Å². The minimum absolute atomic E-state index is 0.251. The lowest BCUT2D eigenvalue weighted by atomic mass is 10.3. The zero-order valence-corrected chi connectivity index (χ0v) is 13.1. The van der Waals surface area contributed by atoms with E-state index in [-0.39, 0.29) is 12.6 Å². The molecule has 1 rings (SSSR count). The van der Waals surface area contributed by atoms with Gasteiger partial charge in [0.2, 0.25) is 10.0 Å². The van der Waals surface area contributed by atoms with Crippen LogP contribution in [0.25, 0.3) is 0 Å². The molecule has 0 fully saturated rings. The summed E-state index contributed by atoms with van der Waals surface area (Å²) in [5.41, 5.74) is 0. The Labute approximate surface area is 120 Å². The molecule has 0 heterocycles. The van der Waals surface area contributed by atoms with Gasteiger partial charge in [0.15, 0.2) is 0 Å². The van der Waals surface area contributed by atoms with E-state index in [4.69, 9.17) is 0 Å². The Morgan fingerprint density at radius 3 is 2.47 bits per heavy atom. The number of hydrogen-bond acceptors (Lipinski definition) is 2. The highest BCUT2D eigenvalue weighted by atomic mass is 79.9. The van der Waals surface area contributed by atoms with E-state index in [0.29, 0.717) is 17.8 Å². The quantitative estimate of drug-likeness (QED) is 0.735. The SMILES string of the molecule is CC(C)N(CCCBr)S(=O)(=O)c1cc(F)ccc1F. The summed E-state index contributed by atoms with van der Waals surface area (Å²) in [4.78, 5) is -0.615. The maximum atomic E-state index is 13.6. The second kappa shape index (κ2) is 6.76. The van der Waals surface area contributed by atoms with Crippen LogP contribution in [0.1, 0.15) is 20.3 Å². The van der Waals surface area contributed by atoms with Gasteiger partial charge < -0.3 is 0 Å². The van der Waals surface area contributed by atoms with E-state index in [2.05, 4.69) is 15.9 Å². The van der Waals surface area contributed by atoms with E-state index in [0.717, 1.165) is 12.1 Å². The van der Waals surface area contributed by atoms with Gasteiger partial charge in [0, 0.05) is 17.9 Å². The lowest BCUT2D eigenvalue weighted by molar-refractivity contribution is 0.353. The van der Waals surface area contributed by atoms with Crippen molar-refractivity contribution in [1.29, 1.82) is 0 Å².